The van der Waals surface area contributed by atoms with Crippen LogP contribution in [0.4, 0.5) is 5.69 Å². The molecule has 1 N–H and O–H groups in total. The van der Waals surface area contributed by atoms with Crippen LogP contribution in [0.1, 0.15) is 0 Å². The fourth-order valence-corrected chi connectivity index (χ4v) is 2.02. The third-order valence-corrected chi connectivity index (χ3v) is 2.84. The molecule has 2 rings (SSSR count). The number of anilines is 1. The van der Waals surface area contributed by atoms with Crippen LogP contribution in [0.5, 0.6) is 11.5 Å². The molecule has 1 fully saturated rings. The van der Waals surface area contributed by atoms with Gasteiger partial charge in [0.05, 0.1) is 19.9 Å². The van der Waals surface area contributed by atoms with E-state index in [2.05, 4.69) is 16.3 Å². The smallest absolute Gasteiger partial charge is 0.184 e. The third kappa shape index (κ3) is 3.57. The predicted molar refractivity (Wildman–Crippen MR) is 79.1 cm³/mol. The van der Waals surface area contributed by atoms with E-state index >= 15 is 0 Å². The second-order valence-corrected chi connectivity index (χ2v) is 3.75. The summed E-state index contributed by atoms with van der Waals surface area (Å²) in [7, 11) is 3.35. The molecule has 1 saturated heterocycles. The Kier molecular flexibility index (Phi) is 7.91. The second-order valence-electron chi connectivity index (χ2n) is 3.75. The molecule has 0 saturated carbocycles. The summed E-state index contributed by atoms with van der Waals surface area (Å²) in [4.78, 5) is 2.32. The number of para-hydroxylation sites is 1. The lowest BCUT2D eigenvalue weighted by atomic mass is 10.2. The first-order valence-corrected chi connectivity index (χ1v) is 5.53. The number of hydrogen-bond acceptors (Lipinski definition) is 4. The van der Waals surface area contributed by atoms with E-state index in [4.69, 9.17) is 9.47 Å². The molecule has 104 valence electrons. The summed E-state index contributed by atoms with van der Waals surface area (Å²) in [5.74, 6) is 1.62. The van der Waals surface area contributed by atoms with E-state index in [0.29, 0.717) is 0 Å². The molecule has 0 bridgehead atoms. The summed E-state index contributed by atoms with van der Waals surface area (Å²) >= 11 is 0. The van der Waals surface area contributed by atoms with Gasteiger partial charge in [-0.1, -0.05) is 6.07 Å². The lowest BCUT2D eigenvalue weighted by Crippen LogP contribution is -2.43. The van der Waals surface area contributed by atoms with E-state index < -0.39 is 0 Å². The molecule has 1 aliphatic rings. The van der Waals surface area contributed by atoms with Crippen molar-refractivity contribution in [1.82, 2.24) is 5.32 Å². The third-order valence-electron chi connectivity index (χ3n) is 2.84. The molecule has 6 heteroatoms. The number of benzene rings is 1. The van der Waals surface area contributed by atoms with E-state index in [-0.39, 0.29) is 24.8 Å². The molecule has 0 aromatic heterocycles. The SMILES string of the molecule is COc1cccc(N2CCNCC2)c1OC.Cl.Cl. The molecular weight excluding hydrogens is 275 g/mol. The largest absolute Gasteiger partial charge is 0.493 e. The number of ether oxygens (including phenoxy) is 2. The zero-order chi connectivity index (χ0) is 11.4. The molecule has 0 spiro atoms. The van der Waals surface area contributed by atoms with Gasteiger partial charge in [0.25, 0.3) is 0 Å². The monoisotopic (exact) mass is 294 g/mol. The molecule has 0 atom stereocenters. The van der Waals surface area contributed by atoms with Crippen LogP contribution in [-0.4, -0.2) is 40.4 Å². The van der Waals surface area contributed by atoms with Crippen LogP contribution in [0, 0.1) is 0 Å². The van der Waals surface area contributed by atoms with E-state index in [0.717, 1.165) is 43.4 Å². The first-order chi connectivity index (χ1) is 7.86. The highest BCUT2D eigenvalue weighted by atomic mass is 35.5. The molecule has 0 unspecified atom stereocenters. The Morgan fingerprint density at radius 1 is 1.06 bits per heavy atom. The molecule has 1 heterocycles. The summed E-state index contributed by atoms with van der Waals surface area (Å²) < 4.78 is 10.7. The maximum Gasteiger partial charge on any atom is 0.184 e. The molecule has 18 heavy (non-hydrogen) atoms. The topological polar surface area (TPSA) is 33.7 Å². The van der Waals surface area contributed by atoms with Crippen LogP contribution in [0.2, 0.25) is 0 Å². The van der Waals surface area contributed by atoms with Gasteiger partial charge in [-0.3, -0.25) is 0 Å². The zero-order valence-electron chi connectivity index (χ0n) is 10.6. The maximum absolute atomic E-state index is 5.43. The van der Waals surface area contributed by atoms with Crippen molar-refractivity contribution in [3.63, 3.8) is 0 Å². The highest BCUT2D eigenvalue weighted by Crippen LogP contribution is 2.37. The summed E-state index contributed by atoms with van der Waals surface area (Å²) in [6.45, 7) is 4.04. The molecule has 4 nitrogen and oxygen atoms in total. The van der Waals surface area contributed by atoms with Gasteiger partial charge in [0.15, 0.2) is 11.5 Å². The van der Waals surface area contributed by atoms with Crippen LogP contribution in [0.25, 0.3) is 0 Å². The van der Waals surface area contributed by atoms with Crippen molar-refractivity contribution in [3.8, 4) is 11.5 Å². The van der Waals surface area contributed by atoms with E-state index in [1.54, 1.807) is 14.2 Å². The number of nitrogens with zero attached hydrogens (tertiary/aromatic N) is 1. The average Bonchev–Trinajstić information content (AvgIpc) is 2.38. The van der Waals surface area contributed by atoms with E-state index in [1.807, 2.05) is 12.1 Å². The van der Waals surface area contributed by atoms with E-state index in [9.17, 15) is 0 Å². The Morgan fingerprint density at radius 2 is 1.72 bits per heavy atom. The molecule has 0 amide bonds. The van der Waals surface area contributed by atoms with Crippen molar-refractivity contribution >= 4 is 30.5 Å². The quantitative estimate of drug-likeness (QED) is 0.924. The van der Waals surface area contributed by atoms with Crippen LogP contribution in [0.15, 0.2) is 18.2 Å². The number of piperazine rings is 1. The van der Waals surface area contributed by atoms with Crippen LogP contribution in [-0.2, 0) is 0 Å². The van der Waals surface area contributed by atoms with Crippen molar-refractivity contribution in [2.75, 3.05) is 45.3 Å². The van der Waals surface area contributed by atoms with Gasteiger partial charge < -0.3 is 19.7 Å². The number of halogens is 2. The number of methoxy groups -OCH3 is 2. The predicted octanol–water partition coefficient (Wildman–Crippen LogP) is 1.96. The van der Waals surface area contributed by atoms with E-state index in [1.165, 1.54) is 0 Å². The minimum atomic E-state index is 0. The van der Waals surface area contributed by atoms with Gasteiger partial charge in [-0.15, -0.1) is 24.8 Å². The molecule has 1 aromatic rings. The van der Waals surface area contributed by atoms with Crippen LogP contribution >= 0.6 is 24.8 Å². The van der Waals surface area contributed by atoms with Crippen LogP contribution < -0.4 is 19.7 Å². The average molecular weight is 295 g/mol. The standard InChI is InChI=1S/C12H18N2O2.2ClH/c1-15-11-5-3-4-10(12(11)16-2)14-8-6-13-7-9-14;;/h3-5,13H,6-9H2,1-2H3;2*1H. The van der Waals surface area contributed by atoms with Gasteiger partial charge in [0, 0.05) is 26.2 Å². The minimum Gasteiger partial charge on any atom is -0.493 e. The molecule has 0 aliphatic carbocycles. The fraction of sp³-hybridized carbons (Fsp3) is 0.500. The lowest BCUT2D eigenvalue weighted by molar-refractivity contribution is 0.354. The van der Waals surface area contributed by atoms with Gasteiger partial charge >= 0.3 is 0 Å². The molecule has 0 radical (unpaired) electrons. The van der Waals surface area contributed by atoms with Crippen molar-refractivity contribution < 1.29 is 9.47 Å². The van der Waals surface area contributed by atoms with Gasteiger partial charge in [0.2, 0.25) is 0 Å². The Bertz CT molecular complexity index is 358. The Hall–Kier alpha value is -0.840. The highest BCUT2D eigenvalue weighted by molar-refractivity contribution is 5.85. The molecule has 1 aromatic carbocycles. The second kappa shape index (κ2) is 8.29. The minimum absolute atomic E-state index is 0. The highest BCUT2D eigenvalue weighted by Gasteiger charge is 2.17. The van der Waals surface area contributed by atoms with Gasteiger partial charge in [-0.25, -0.2) is 0 Å². The van der Waals surface area contributed by atoms with Crippen molar-refractivity contribution in [3.05, 3.63) is 18.2 Å². The number of hydrogen-bond donors (Lipinski definition) is 1. The Morgan fingerprint density at radius 3 is 2.28 bits per heavy atom. The lowest BCUT2D eigenvalue weighted by Gasteiger charge is -2.30. The summed E-state index contributed by atoms with van der Waals surface area (Å²) in [5, 5.41) is 3.34. The first kappa shape index (κ1) is 17.2. The summed E-state index contributed by atoms with van der Waals surface area (Å²) in [5.41, 5.74) is 1.11. The Balaban J connectivity index is 0.00000144. The Labute approximate surface area is 120 Å². The van der Waals surface area contributed by atoms with Crippen LogP contribution in [0.3, 0.4) is 0 Å². The van der Waals surface area contributed by atoms with Crippen molar-refractivity contribution in [1.29, 1.82) is 0 Å². The number of nitrogens with one attached hydrogen (secondary N) is 1. The van der Waals surface area contributed by atoms with Gasteiger partial charge in [0.1, 0.15) is 0 Å². The zero-order valence-corrected chi connectivity index (χ0v) is 12.3. The van der Waals surface area contributed by atoms with Crippen molar-refractivity contribution in [2.24, 2.45) is 0 Å². The molecule has 1 aliphatic heterocycles. The number of rotatable bonds is 3. The first-order valence-electron chi connectivity index (χ1n) is 5.53. The normalized spacial score (nSPS) is 14.2. The van der Waals surface area contributed by atoms with Gasteiger partial charge in [-0.2, -0.15) is 0 Å². The van der Waals surface area contributed by atoms with Gasteiger partial charge in [-0.05, 0) is 12.1 Å². The molecular formula is C12H20Cl2N2O2. The summed E-state index contributed by atoms with van der Waals surface area (Å²) in [6, 6.07) is 6.00. The van der Waals surface area contributed by atoms with Crippen molar-refractivity contribution in [2.45, 2.75) is 0 Å². The fourth-order valence-electron chi connectivity index (χ4n) is 2.02. The maximum atomic E-state index is 5.43. The summed E-state index contributed by atoms with van der Waals surface area (Å²) in [6.07, 6.45) is 0.